The van der Waals surface area contributed by atoms with Gasteiger partial charge in [-0.3, -0.25) is 4.68 Å². The molecule has 0 amide bonds. The average Bonchev–Trinajstić information content (AvgIpc) is 2.46. The van der Waals surface area contributed by atoms with Crippen LogP contribution in [0.5, 0.6) is 0 Å². The van der Waals surface area contributed by atoms with Crippen LogP contribution in [0.3, 0.4) is 0 Å². The van der Waals surface area contributed by atoms with Crippen molar-refractivity contribution in [3.8, 4) is 0 Å². The van der Waals surface area contributed by atoms with Crippen molar-refractivity contribution in [1.29, 1.82) is 0 Å². The summed E-state index contributed by atoms with van der Waals surface area (Å²) in [7, 11) is 0. The van der Waals surface area contributed by atoms with E-state index in [2.05, 4.69) is 5.10 Å². The Kier molecular flexibility index (Phi) is 2.04. The number of carbonyl (C=O) groups excluding carboxylic acids is 1. The number of aldehydes is 1. The number of halogens is 1. The van der Waals surface area contributed by atoms with Gasteiger partial charge in [0.05, 0.1) is 23.1 Å². The molecule has 0 atom stereocenters. The maximum Gasteiger partial charge on any atom is 0.141 e. The Morgan fingerprint density at radius 3 is 3.07 bits per heavy atom. The molecule has 1 aromatic carbocycles. The molecule has 0 saturated carbocycles. The predicted molar refractivity (Wildman–Crippen MR) is 50.5 cm³/mol. The largest absolute Gasteiger partial charge is 0.301 e. The third-order valence-corrected chi connectivity index (χ3v) is 2.15. The molecule has 14 heavy (non-hydrogen) atoms. The fraction of sp³-hybridized carbons (Fsp3) is 0.200. The van der Waals surface area contributed by atoms with Crippen molar-refractivity contribution < 1.29 is 9.18 Å². The van der Waals surface area contributed by atoms with E-state index in [-0.39, 0.29) is 12.4 Å². The van der Waals surface area contributed by atoms with Gasteiger partial charge in [-0.15, -0.1) is 0 Å². The number of fused-ring (bicyclic) bond motifs is 1. The molecule has 2 rings (SSSR count). The molecular weight excluding hydrogens is 183 g/mol. The van der Waals surface area contributed by atoms with Gasteiger partial charge in [0.15, 0.2) is 0 Å². The minimum Gasteiger partial charge on any atom is -0.301 e. The van der Waals surface area contributed by atoms with Gasteiger partial charge in [0, 0.05) is 0 Å². The molecule has 0 spiro atoms. The van der Waals surface area contributed by atoms with E-state index >= 15 is 0 Å². The van der Waals surface area contributed by atoms with Gasteiger partial charge in [0.25, 0.3) is 0 Å². The summed E-state index contributed by atoms with van der Waals surface area (Å²) in [5, 5.41) is 4.58. The Morgan fingerprint density at radius 1 is 1.57 bits per heavy atom. The van der Waals surface area contributed by atoms with Gasteiger partial charge in [-0.25, -0.2) is 4.39 Å². The standard InChI is InChI=1S/C10H9FN2O/c1-7-10-8(11)3-2-4-9(10)13(12-7)5-6-14/h2-4,6H,5H2,1H3. The highest BCUT2D eigenvalue weighted by molar-refractivity contribution is 5.82. The van der Waals surface area contributed by atoms with Crippen LogP contribution in [0.1, 0.15) is 5.69 Å². The lowest BCUT2D eigenvalue weighted by molar-refractivity contribution is -0.108. The minimum atomic E-state index is -0.294. The Morgan fingerprint density at radius 2 is 2.36 bits per heavy atom. The molecule has 1 heterocycles. The Balaban J connectivity index is 2.77. The number of aromatic nitrogens is 2. The van der Waals surface area contributed by atoms with Gasteiger partial charge < -0.3 is 4.79 Å². The third kappa shape index (κ3) is 1.19. The molecule has 3 nitrogen and oxygen atoms in total. The molecule has 0 aliphatic carbocycles. The zero-order valence-corrected chi connectivity index (χ0v) is 7.70. The molecule has 0 fully saturated rings. The second kappa shape index (κ2) is 3.21. The number of rotatable bonds is 2. The van der Waals surface area contributed by atoms with Crippen LogP contribution < -0.4 is 0 Å². The van der Waals surface area contributed by atoms with Crippen LogP contribution >= 0.6 is 0 Å². The number of nitrogens with zero attached hydrogens (tertiary/aromatic N) is 2. The van der Waals surface area contributed by atoms with Gasteiger partial charge in [-0.1, -0.05) is 6.07 Å². The van der Waals surface area contributed by atoms with Gasteiger partial charge >= 0.3 is 0 Å². The van der Waals surface area contributed by atoms with E-state index in [1.165, 1.54) is 10.7 Å². The molecule has 0 unspecified atom stereocenters. The third-order valence-electron chi connectivity index (χ3n) is 2.15. The van der Waals surface area contributed by atoms with E-state index in [0.29, 0.717) is 16.6 Å². The second-order valence-corrected chi connectivity index (χ2v) is 3.07. The van der Waals surface area contributed by atoms with Crippen molar-refractivity contribution in [3.63, 3.8) is 0 Å². The average molecular weight is 192 g/mol. The van der Waals surface area contributed by atoms with E-state index in [0.717, 1.165) is 6.29 Å². The number of benzene rings is 1. The maximum atomic E-state index is 13.4. The van der Waals surface area contributed by atoms with Crippen molar-refractivity contribution in [3.05, 3.63) is 29.7 Å². The first kappa shape index (κ1) is 8.87. The van der Waals surface area contributed by atoms with Gasteiger partial charge in [-0.05, 0) is 19.1 Å². The van der Waals surface area contributed by atoms with Crippen LogP contribution in [-0.4, -0.2) is 16.1 Å². The zero-order valence-electron chi connectivity index (χ0n) is 7.70. The monoisotopic (exact) mass is 192 g/mol. The summed E-state index contributed by atoms with van der Waals surface area (Å²) in [5.41, 5.74) is 1.27. The summed E-state index contributed by atoms with van der Waals surface area (Å²) in [6.07, 6.45) is 0.747. The van der Waals surface area contributed by atoms with Gasteiger partial charge in [0.1, 0.15) is 12.1 Å². The molecule has 0 N–H and O–H groups in total. The predicted octanol–water partition coefficient (Wildman–Crippen LogP) is 1.68. The number of hydrogen-bond acceptors (Lipinski definition) is 2. The first-order valence-corrected chi connectivity index (χ1v) is 4.29. The SMILES string of the molecule is Cc1nn(CC=O)c2cccc(F)c12. The molecule has 0 aliphatic rings. The summed E-state index contributed by atoms with van der Waals surface area (Å²) in [6, 6.07) is 4.75. The minimum absolute atomic E-state index is 0.161. The van der Waals surface area contributed by atoms with E-state index in [9.17, 15) is 9.18 Å². The Hall–Kier alpha value is -1.71. The topological polar surface area (TPSA) is 34.9 Å². The molecule has 4 heteroatoms. The molecule has 0 radical (unpaired) electrons. The van der Waals surface area contributed by atoms with Crippen LogP contribution in [0.25, 0.3) is 10.9 Å². The first-order valence-electron chi connectivity index (χ1n) is 4.29. The normalized spacial score (nSPS) is 10.7. The van der Waals surface area contributed by atoms with Crippen molar-refractivity contribution in [1.82, 2.24) is 9.78 Å². The molecule has 2 aromatic rings. The van der Waals surface area contributed by atoms with E-state index < -0.39 is 0 Å². The van der Waals surface area contributed by atoms with Crippen molar-refractivity contribution in [2.45, 2.75) is 13.5 Å². The molecular formula is C10H9FN2O. The van der Waals surface area contributed by atoms with Crippen molar-refractivity contribution in [2.24, 2.45) is 0 Å². The fourth-order valence-corrected chi connectivity index (χ4v) is 1.58. The smallest absolute Gasteiger partial charge is 0.141 e. The maximum absolute atomic E-state index is 13.4. The lowest BCUT2D eigenvalue weighted by Gasteiger charge is -1.96. The summed E-state index contributed by atoms with van der Waals surface area (Å²) >= 11 is 0. The molecule has 72 valence electrons. The first-order chi connectivity index (χ1) is 6.74. The van der Waals surface area contributed by atoms with Crippen molar-refractivity contribution >= 4 is 17.2 Å². The summed E-state index contributed by atoms with van der Waals surface area (Å²) in [5.74, 6) is -0.294. The lowest BCUT2D eigenvalue weighted by Crippen LogP contribution is -2.00. The van der Waals surface area contributed by atoms with Gasteiger partial charge in [-0.2, -0.15) is 5.10 Å². The van der Waals surface area contributed by atoms with Crippen LogP contribution in [0.4, 0.5) is 4.39 Å². The highest BCUT2D eigenvalue weighted by atomic mass is 19.1. The highest BCUT2D eigenvalue weighted by Gasteiger charge is 2.10. The van der Waals surface area contributed by atoms with Crippen LogP contribution in [0.15, 0.2) is 18.2 Å². The van der Waals surface area contributed by atoms with Crippen LogP contribution in [-0.2, 0) is 11.3 Å². The number of aryl methyl sites for hydroxylation is 1. The van der Waals surface area contributed by atoms with E-state index in [1.54, 1.807) is 19.1 Å². The molecule has 0 saturated heterocycles. The molecule has 0 aliphatic heterocycles. The van der Waals surface area contributed by atoms with Crippen LogP contribution in [0, 0.1) is 12.7 Å². The lowest BCUT2D eigenvalue weighted by atomic mass is 10.2. The van der Waals surface area contributed by atoms with Crippen LogP contribution in [0.2, 0.25) is 0 Å². The van der Waals surface area contributed by atoms with E-state index in [4.69, 9.17) is 0 Å². The van der Waals surface area contributed by atoms with E-state index in [1.807, 2.05) is 0 Å². The Bertz CT molecular complexity index is 490. The molecule has 0 bridgehead atoms. The fourth-order valence-electron chi connectivity index (χ4n) is 1.58. The summed E-state index contributed by atoms with van der Waals surface area (Å²) in [6.45, 7) is 1.89. The molecule has 1 aromatic heterocycles. The number of carbonyl (C=O) groups is 1. The zero-order chi connectivity index (χ0) is 10.1. The van der Waals surface area contributed by atoms with Gasteiger partial charge in [0.2, 0.25) is 0 Å². The summed E-state index contributed by atoms with van der Waals surface area (Å²) < 4.78 is 14.9. The van der Waals surface area contributed by atoms with Crippen molar-refractivity contribution in [2.75, 3.05) is 0 Å². The second-order valence-electron chi connectivity index (χ2n) is 3.07. The Labute approximate surface area is 80.1 Å². The quantitative estimate of drug-likeness (QED) is 0.678. The summed E-state index contributed by atoms with van der Waals surface area (Å²) in [4.78, 5) is 10.4. The highest BCUT2D eigenvalue weighted by Crippen LogP contribution is 2.20. The number of hydrogen-bond donors (Lipinski definition) is 0.